The molecule has 0 aliphatic rings. The molecule has 1 atom stereocenters. The Labute approximate surface area is 195 Å². The largest absolute Gasteiger partial charge is 0.478 e. The number of amides is 2. The number of nitrogens with two attached hydrogens (primary N) is 1. The van der Waals surface area contributed by atoms with Gasteiger partial charge in [-0.15, -0.1) is 0 Å². The molecule has 7 nitrogen and oxygen atoms in total. The highest BCUT2D eigenvalue weighted by atomic mass is 35.5. The van der Waals surface area contributed by atoms with E-state index < -0.39 is 23.8 Å². The number of aromatic carboxylic acids is 1. The molecule has 0 aromatic heterocycles. The van der Waals surface area contributed by atoms with Gasteiger partial charge in [-0.2, -0.15) is 0 Å². The Morgan fingerprint density at radius 2 is 1.70 bits per heavy atom. The summed E-state index contributed by atoms with van der Waals surface area (Å²) in [6.45, 7) is 0.286. The van der Waals surface area contributed by atoms with Gasteiger partial charge < -0.3 is 21.5 Å². The van der Waals surface area contributed by atoms with Crippen molar-refractivity contribution in [3.05, 3.63) is 106 Å². The summed E-state index contributed by atoms with van der Waals surface area (Å²) >= 11 is 6.04. The normalized spacial score (nSPS) is 11.7. The van der Waals surface area contributed by atoms with Crippen LogP contribution in [0.5, 0.6) is 0 Å². The van der Waals surface area contributed by atoms with Crippen molar-refractivity contribution in [3.8, 4) is 0 Å². The van der Waals surface area contributed by atoms with E-state index in [1.54, 1.807) is 54.6 Å². The number of nitrogens with one attached hydrogen (secondary N) is 2. The second-order valence-corrected chi connectivity index (χ2v) is 7.54. The maximum absolute atomic E-state index is 13.0. The molecule has 0 aliphatic carbocycles. The van der Waals surface area contributed by atoms with Crippen LogP contribution in [0.1, 0.15) is 33.1 Å². The Morgan fingerprint density at radius 1 is 1.00 bits per heavy atom. The average Bonchev–Trinajstić information content (AvgIpc) is 2.82. The summed E-state index contributed by atoms with van der Waals surface area (Å²) in [5.74, 6) is -2.02. The first-order chi connectivity index (χ1) is 15.9. The SMILES string of the molecule is NCc1ccc(Cl)cc1/C=C/C(=O)NC(C(=O)Nc1ccc(C(=O)O)cc1)c1ccccc1. The van der Waals surface area contributed by atoms with E-state index in [0.29, 0.717) is 21.8 Å². The van der Waals surface area contributed by atoms with Crippen molar-refractivity contribution in [2.75, 3.05) is 5.32 Å². The minimum atomic E-state index is -1.06. The third-order valence-corrected chi connectivity index (χ3v) is 5.06. The van der Waals surface area contributed by atoms with Crippen LogP contribution in [-0.4, -0.2) is 22.9 Å². The van der Waals surface area contributed by atoms with Gasteiger partial charge in [0.1, 0.15) is 6.04 Å². The van der Waals surface area contributed by atoms with Gasteiger partial charge in [0.05, 0.1) is 5.56 Å². The molecule has 0 bridgehead atoms. The first-order valence-electron chi connectivity index (χ1n) is 10.0. The third-order valence-electron chi connectivity index (χ3n) is 4.82. The van der Waals surface area contributed by atoms with E-state index >= 15 is 0 Å². The Morgan fingerprint density at radius 3 is 2.33 bits per heavy atom. The van der Waals surface area contributed by atoms with E-state index in [1.165, 1.54) is 30.3 Å². The lowest BCUT2D eigenvalue weighted by atomic mass is 10.1. The lowest BCUT2D eigenvalue weighted by molar-refractivity contribution is -0.123. The predicted octanol–water partition coefficient (Wildman–Crippen LogP) is 4.01. The van der Waals surface area contributed by atoms with Crippen molar-refractivity contribution >= 4 is 41.1 Å². The quantitative estimate of drug-likeness (QED) is 0.376. The van der Waals surface area contributed by atoms with Crippen LogP contribution in [0.2, 0.25) is 5.02 Å². The molecule has 0 spiro atoms. The van der Waals surface area contributed by atoms with Crippen LogP contribution >= 0.6 is 11.6 Å². The number of halogens is 1. The van der Waals surface area contributed by atoms with Gasteiger partial charge in [-0.3, -0.25) is 9.59 Å². The minimum absolute atomic E-state index is 0.101. The lowest BCUT2D eigenvalue weighted by Gasteiger charge is -2.18. The zero-order chi connectivity index (χ0) is 23.8. The fourth-order valence-electron chi connectivity index (χ4n) is 3.12. The van der Waals surface area contributed by atoms with Gasteiger partial charge in [0.25, 0.3) is 5.91 Å². The van der Waals surface area contributed by atoms with Crippen molar-refractivity contribution < 1.29 is 19.5 Å². The van der Waals surface area contributed by atoms with Gasteiger partial charge in [0, 0.05) is 23.3 Å². The molecule has 0 fully saturated rings. The van der Waals surface area contributed by atoms with E-state index in [4.69, 9.17) is 22.4 Å². The molecule has 0 radical (unpaired) electrons. The molecule has 33 heavy (non-hydrogen) atoms. The van der Waals surface area contributed by atoms with Crippen molar-refractivity contribution in [3.63, 3.8) is 0 Å². The Balaban J connectivity index is 1.78. The summed E-state index contributed by atoms with van der Waals surface area (Å²) in [4.78, 5) is 36.7. The van der Waals surface area contributed by atoms with Crippen molar-refractivity contribution in [1.82, 2.24) is 5.32 Å². The van der Waals surface area contributed by atoms with Gasteiger partial charge in [-0.1, -0.05) is 48.0 Å². The topological polar surface area (TPSA) is 122 Å². The monoisotopic (exact) mass is 463 g/mol. The summed E-state index contributed by atoms with van der Waals surface area (Å²) in [5.41, 5.74) is 8.37. The van der Waals surface area contributed by atoms with Crippen LogP contribution in [0.4, 0.5) is 5.69 Å². The molecule has 0 aliphatic heterocycles. The number of carboxylic acids is 1. The molecule has 3 rings (SSSR count). The molecular formula is C25H22ClN3O4. The standard InChI is InChI=1S/C25H22ClN3O4/c26-20-10-6-19(15-27)18(14-20)9-13-22(30)29-23(16-4-2-1-3-5-16)24(31)28-21-11-7-17(8-12-21)25(32)33/h1-14,23H,15,27H2,(H,28,31)(H,29,30)(H,32,33)/b13-9+. The van der Waals surface area contributed by atoms with Crippen LogP contribution in [0.3, 0.4) is 0 Å². The second kappa shape index (κ2) is 11.1. The number of benzene rings is 3. The van der Waals surface area contributed by atoms with Gasteiger partial charge in [0.2, 0.25) is 5.91 Å². The van der Waals surface area contributed by atoms with Crippen LogP contribution in [0.15, 0.2) is 78.9 Å². The summed E-state index contributed by atoms with van der Waals surface area (Å²) in [5, 5.41) is 15.0. The molecule has 2 amide bonds. The lowest BCUT2D eigenvalue weighted by Crippen LogP contribution is -2.36. The van der Waals surface area contributed by atoms with Gasteiger partial charge in [-0.05, 0) is 59.2 Å². The fraction of sp³-hybridized carbons (Fsp3) is 0.0800. The smallest absolute Gasteiger partial charge is 0.335 e. The number of carboxylic acid groups (broad SMARTS) is 1. The van der Waals surface area contributed by atoms with Gasteiger partial charge in [-0.25, -0.2) is 4.79 Å². The molecule has 1 unspecified atom stereocenters. The number of carbonyl (C=O) groups is 3. The second-order valence-electron chi connectivity index (χ2n) is 7.10. The van der Waals surface area contributed by atoms with Crippen molar-refractivity contribution in [1.29, 1.82) is 0 Å². The molecule has 5 N–H and O–H groups in total. The molecule has 168 valence electrons. The van der Waals surface area contributed by atoms with E-state index in [0.717, 1.165) is 5.56 Å². The number of rotatable bonds is 8. The summed E-state index contributed by atoms with van der Waals surface area (Å²) in [7, 11) is 0. The number of hydrogen-bond acceptors (Lipinski definition) is 4. The van der Waals surface area contributed by atoms with Crippen LogP contribution in [0, 0.1) is 0 Å². The first-order valence-corrected chi connectivity index (χ1v) is 10.4. The van der Waals surface area contributed by atoms with Crippen LogP contribution in [-0.2, 0) is 16.1 Å². The Kier molecular flexibility index (Phi) is 7.96. The summed E-state index contributed by atoms with van der Waals surface area (Å²) < 4.78 is 0. The molecule has 0 saturated heterocycles. The number of carbonyl (C=O) groups excluding carboxylic acids is 2. The molecule has 3 aromatic rings. The van der Waals surface area contributed by atoms with E-state index in [9.17, 15) is 14.4 Å². The van der Waals surface area contributed by atoms with Crippen molar-refractivity contribution in [2.45, 2.75) is 12.6 Å². The highest BCUT2D eigenvalue weighted by Crippen LogP contribution is 2.19. The molecule has 3 aromatic carbocycles. The Hall–Kier alpha value is -3.94. The first kappa shape index (κ1) is 23.7. The van der Waals surface area contributed by atoms with Crippen molar-refractivity contribution in [2.24, 2.45) is 5.73 Å². The maximum Gasteiger partial charge on any atom is 0.335 e. The van der Waals surface area contributed by atoms with E-state index in [2.05, 4.69) is 10.6 Å². The van der Waals surface area contributed by atoms with Gasteiger partial charge in [0.15, 0.2) is 0 Å². The average molecular weight is 464 g/mol. The van der Waals surface area contributed by atoms with E-state index in [1.807, 2.05) is 0 Å². The predicted molar refractivity (Wildman–Crippen MR) is 128 cm³/mol. The Bertz CT molecular complexity index is 1180. The minimum Gasteiger partial charge on any atom is -0.478 e. The number of hydrogen-bond donors (Lipinski definition) is 4. The summed E-state index contributed by atoms with van der Waals surface area (Å²) in [6, 6.07) is 18.8. The fourth-order valence-corrected chi connectivity index (χ4v) is 3.30. The zero-order valence-corrected chi connectivity index (χ0v) is 18.3. The number of anilines is 1. The molecular weight excluding hydrogens is 442 g/mol. The maximum atomic E-state index is 13.0. The molecule has 8 heteroatoms. The van der Waals surface area contributed by atoms with Crippen LogP contribution < -0.4 is 16.4 Å². The molecule has 0 heterocycles. The highest BCUT2D eigenvalue weighted by Gasteiger charge is 2.22. The zero-order valence-electron chi connectivity index (χ0n) is 17.5. The third kappa shape index (κ3) is 6.52. The van der Waals surface area contributed by atoms with Crippen LogP contribution in [0.25, 0.3) is 6.08 Å². The van der Waals surface area contributed by atoms with Gasteiger partial charge >= 0.3 is 5.97 Å². The van der Waals surface area contributed by atoms with E-state index in [-0.39, 0.29) is 12.1 Å². The summed E-state index contributed by atoms with van der Waals surface area (Å²) in [6.07, 6.45) is 2.91. The molecule has 0 saturated carbocycles. The highest BCUT2D eigenvalue weighted by molar-refractivity contribution is 6.30.